The van der Waals surface area contributed by atoms with Gasteiger partial charge >= 0.3 is 0 Å². The second-order valence-electron chi connectivity index (χ2n) is 8.87. The summed E-state index contributed by atoms with van der Waals surface area (Å²) in [6.07, 6.45) is 0.819. The number of ether oxygens (including phenoxy) is 4. The van der Waals surface area contributed by atoms with Crippen LogP contribution in [0.4, 0.5) is 0 Å². The van der Waals surface area contributed by atoms with Crippen molar-refractivity contribution in [2.24, 2.45) is 5.92 Å². The minimum atomic E-state index is -0.0203. The van der Waals surface area contributed by atoms with E-state index in [0.717, 1.165) is 25.1 Å². The normalized spacial score (nSPS) is 17.7. The quantitative estimate of drug-likeness (QED) is 0.450. The van der Waals surface area contributed by atoms with Crippen molar-refractivity contribution in [3.8, 4) is 11.5 Å². The van der Waals surface area contributed by atoms with Gasteiger partial charge in [0.2, 0.25) is 0 Å². The predicted molar refractivity (Wildman–Crippen MR) is 133 cm³/mol. The van der Waals surface area contributed by atoms with Crippen LogP contribution in [-0.4, -0.2) is 70.0 Å². The van der Waals surface area contributed by atoms with Crippen LogP contribution in [-0.2, 0) is 16.1 Å². The molecule has 0 aliphatic carbocycles. The Kier molecular flexibility index (Phi) is 10.2. The Bertz CT molecular complexity index is 890. The molecule has 0 unspecified atom stereocenters. The summed E-state index contributed by atoms with van der Waals surface area (Å²) in [5.74, 6) is 1.38. The Hall–Kier alpha value is -2.61. The molecule has 0 saturated carbocycles. The van der Waals surface area contributed by atoms with E-state index in [-0.39, 0.29) is 24.0 Å². The zero-order valence-corrected chi connectivity index (χ0v) is 20.8. The summed E-state index contributed by atoms with van der Waals surface area (Å²) >= 11 is 0. The van der Waals surface area contributed by atoms with Crippen LogP contribution in [0.1, 0.15) is 36.2 Å². The van der Waals surface area contributed by atoms with Crippen LogP contribution < -0.4 is 14.8 Å². The summed E-state index contributed by atoms with van der Waals surface area (Å²) in [7, 11) is 3.26. The van der Waals surface area contributed by atoms with Crippen LogP contribution in [0, 0.1) is 5.92 Å². The number of carbonyl (C=O) groups excluding carboxylic acids is 1. The van der Waals surface area contributed by atoms with Gasteiger partial charge in [0.05, 0.1) is 26.4 Å². The van der Waals surface area contributed by atoms with Gasteiger partial charge in [0.15, 0.2) is 11.5 Å². The number of nitrogens with zero attached hydrogens (tertiary/aromatic N) is 1. The number of hydrogen-bond acceptors (Lipinski definition) is 6. The van der Waals surface area contributed by atoms with Gasteiger partial charge < -0.3 is 29.2 Å². The van der Waals surface area contributed by atoms with Gasteiger partial charge in [0.1, 0.15) is 0 Å². The van der Waals surface area contributed by atoms with Crippen LogP contribution in [0.3, 0.4) is 0 Å². The third kappa shape index (κ3) is 7.19. The van der Waals surface area contributed by atoms with E-state index in [2.05, 4.69) is 17.4 Å². The first kappa shape index (κ1) is 26.0. The van der Waals surface area contributed by atoms with Crippen molar-refractivity contribution in [1.82, 2.24) is 10.2 Å². The number of amides is 1. The molecule has 186 valence electrons. The first-order valence-corrected chi connectivity index (χ1v) is 12.0. The van der Waals surface area contributed by atoms with E-state index in [1.165, 1.54) is 0 Å². The first-order valence-electron chi connectivity index (χ1n) is 12.0. The molecule has 1 aliphatic rings. The molecule has 2 atom stereocenters. The molecule has 0 spiro atoms. The van der Waals surface area contributed by atoms with Crippen LogP contribution in [0.15, 0.2) is 48.5 Å². The average molecular weight is 471 g/mol. The number of carbonyl (C=O) groups is 1. The molecule has 1 heterocycles. The molecule has 7 heteroatoms. The maximum Gasteiger partial charge on any atom is 0.254 e. The van der Waals surface area contributed by atoms with Gasteiger partial charge in [0.25, 0.3) is 5.91 Å². The summed E-state index contributed by atoms with van der Waals surface area (Å²) in [4.78, 5) is 15.5. The van der Waals surface area contributed by atoms with E-state index in [0.29, 0.717) is 43.4 Å². The molecule has 2 aromatic rings. The maximum absolute atomic E-state index is 13.5. The van der Waals surface area contributed by atoms with Gasteiger partial charge in [-0.3, -0.25) is 4.79 Å². The molecule has 0 radical (unpaired) electrons. The lowest BCUT2D eigenvalue weighted by molar-refractivity contribution is 0.0129. The van der Waals surface area contributed by atoms with Crippen molar-refractivity contribution in [3.63, 3.8) is 0 Å². The molecule has 1 N–H and O–H groups in total. The smallest absolute Gasteiger partial charge is 0.254 e. The van der Waals surface area contributed by atoms with E-state index in [4.69, 9.17) is 18.9 Å². The van der Waals surface area contributed by atoms with Crippen molar-refractivity contribution in [3.05, 3.63) is 59.7 Å². The van der Waals surface area contributed by atoms with Crippen molar-refractivity contribution < 1.29 is 23.7 Å². The standard InChI is InChI=1S/C27H38N2O5/c1-20(2)29(18-23-16-28-17-26(23)34-19-21-9-6-5-7-10-21)27(30)22-11-12-24(32-4)25(15-22)33-14-8-13-31-3/h5-7,9-12,15,20,23,26,28H,8,13-14,16-19H2,1-4H3/t23-,26-/m0/s1. The topological polar surface area (TPSA) is 69.3 Å². The zero-order valence-electron chi connectivity index (χ0n) is 20.8. The summed E-state index contributed by atoms with van der Waals surface area (Å²) in [6.45, 7) is 8.01. The lowest BCUT2D eigenvalue weighted by atomic mass is 10.0. The number of benzene rings is 2. The maximum atomic E-state index is 13.5. The molecule has 1 fully saturated rings. The lowest BCUT2D eigenvalue weighted by Crippen LogP contribution is -2.43. The summed E-state index contributed by atoms with van der Waals surface area (Å²) < 4.78 is 22.6. The molecule has 34 heavy (non-hydrogen) atoms. The van der Waals surface area contributed by atoms with Crippen LogP contribution in [0.2, 0.25) is 0 Å². The van der Waals surface area contributed by atoms with Gasteiger partial charge in [-0.15, -0.1) is 0 Å². The Morgan fingerprint density at radius 1 is 1.06 bits per heavy atom. The number of nitrogens with one attached hydrogen (secondary N) is 1. The van der Waals surface area contributed by atoms with Crippen molar-refractivity contribution >= 4 is 5.91 Å². The second-order valence-corrected chi connectivity index (χ2v) is 8.87. The highest BCUT2D eigenvalue weighted by atomic mass is 16.5. The van der Waals surface area contributed by atoms with Crippen molar-refractivity contribution in [1.29, 1.82) is 0 Å². The molecule has 0 bridgehead atoms. The Morgan fingerprint density at radius 3 is 2.56 bits per heavy atom. The molecule has 0 aromatic heterocycles. The second kappa shape index (κ2) is 13.3. The minimum absolute atomic E-state index is 0.0203. The van der Waals surface area contributed by atoms with Crippen molar-refractivity contribution in [2.75, 3.05) is 47.1 Å². The third-order valence-electron chi connectivity index (χ3n) is 6.06. The Balaban J connectivity index is 1.67. The highest BCUT2D eigenvalue weighted by Gasteiger charge is 2.32. The van der Waals surface area contributed by atoms with E-state index >= 15 is 0 Å². The summed E-state index contributed by atoms with van der Waals surface area (Å²) in [5.41, 5.74) is 1.74. The number of hydrogen-bond donors (Lipinski definition) is 1. The SMILES string of the molecule is COCCCOc1cc(C(=O)N(C[C@@H]2CNC[C@@H]2OCc2ccccc2)C(C)C)ccc1OC. The van der Waals surface area contributed by atoms with Crippen LogP contribution in [0.25, 0.3) is 0 Å². The molecular formula is C27H38N2O5. The fourth-order valence-corrected chi connectivity index (χ4v) is 4.12. The fraction of sp³-hybridized carbons (Fsp3) is 0.519. The molecule has 2 aromatic carbocycles. The van der Waals surface area contributed by atoms with Gasteiger partial charge in [-0.25, -0.2) is 0 Å². The highest BCUT2D eigenvalue weighted by Crippen LogP contribution is 2.29. The Labute approximate surface area is 203 Å². The predicted octanol–water partition coefficient (Wildman–Crippen LogP) is 3.77. The van der Waals surface area contributed by atoms with E-state index in [9.17, 15) is 4.79 Å². The monoisotopic (exact) mass is 470 g/mol. The molecular weight excluding hydrogens is 432 g/mol. The molecule has 1 aliphatic heterocycles. The molecule has 3 rings (SSSR count). The lowest BCUT2D eigenvalue weighted by Gasteiger charge is -2.31. The first-order chi connectivity index (χ1) is 16.5. The summed E-state index contributed by atoms with van der Waals surface area (Å²) in [6, 6.07) is 15.6. The average Bonchev–Trinajstić information content (AvgIpc) is 3.31. The van der Waals surface area contributed by atoms with Gasteiger partial charge in [-0.05, 0) is 37.6 Å². The molecule has 1 amide bonds. The number of rotatable bonds is 13. The van der Waals surface area contributed by atoms with Gasteiger partial charge in [0, 0.05) is 57.3 Å². The van der Waals surface area contributed by atoms with E-state index in [1.54, 1.807) is 32.4 Å². The van der Waals surface area contributed by atoms with Gasteiger partial charge in [-0.1, -0.05) is 30.3 Å². The van der Waals surface area contributed by atoms with Crippen molar-refractivity contribution in [2.45, 2.75) is 39.0 Å². The van der Waals surface area contributed by atoms with Crippen LogP contribution >= 0.6 is 0 Å². The zero-order chi connectivity index (χ0) is 24.3. The molecule has 7 nitrogen and oxygen atoms in total. The highest BCUT2D eigenvalue weighted by molar-refractivity contribution is 5.95. The Morgan fingerprint density at radius 2 is 1.85 bits per heavy atom. The van der Waals surface area contributed by atoms with E-state index < -0.39 is 0 Å². The van der Waals surface area contributed by atoms with Crippen LogP contribution in [0.5, 0.6) is 11.5 Å². The number of methoxy groups -OCH3 is 2. The van der Waals surface area contributed by atoms with Gasteiger partial charge in [-0.2, -0.15) is 0 Å². The van der Waals surface area contributed by atoms with E-state index in [1.807, 2.05) is 36.9 Å². The largest absolute Gasteiger partial charge is 0.493 e. The summed E-state index contributed by atoms with van der Waals surface area (Å²) in [5, 5.41) is 3.43. The fourth-order valence-electron chi connectivity index (χ4n) is 4.12. The third-order valence-corrected chi connectivity index (χ3v) is 6.06. The molecule has 1 saturated heterocycles. The minimum Gasteiger partial charge on any atom is -0.493 e.